The van der Waals surface area contributed by atoms with Gasteiger partial charge in [0.25, 0.3) is 6.71 Å². The zero-order valence-corrected chi connectivity index (χ0v) is 9.98. The molecule has 0 bridgehead atoms. The summed E-state index contributed by atoms with van der Waals surface area (Å²) in [6.45, 7) is 1.98. The molecule has 0 aromatic heterocycles. The predicted octanol–water partition coefficient (Wildman–Crippen LogP) is 2.77. The largest absolute Gasteiger partial charge is 0.288 e. The van der Waals surface area contributed by atoms with E-state index in [9.17, 15) is 4.79 Å². The molecular formula is C11H16BNOS. The summed E-state index contributed by atoms with van der Waals surface area (Å²) in [5.41, 5.74) is 0.494. The lowest BCUT2D eigenvalue weighted by atomic mass is 9.26. The third kappa shape index (κ3) is 2.39. The Morgan fingerprint density at radius 1 is 1.47 bits per heavy atom. The molecule has 1 spiro atoms. The zero-order valence-electron chi connectivity index (χ0n) is 9.16. The molecule has 0 amide bonds. The Bertz CT molecular complexity index is 296. The van der Waals surface area contributed by atoms with Crippen molar-refractivity contribution in [3.05, 3.63) is 0 Å². The van der Waals surface area contributed by atoms with Crippen LogP contribution in [-0.4, -0.2) is 17.1 Å². The van der Waals surface area contributed by atoms with E-state index in [0.29, 0.717) is 17.4 Å². The van der Waals surface area contributed by atoms with Crippen LogP contribution in [0.3, 0.4) is 0 Å². The van der Waals surface area contributed by atoms with E-state index in [1.165, 1.54) is 37.4 Å². The molecule has 0 unspecified atom stereocenters. The van der Waals surface area contributed by atoms with Crippen LogP contribution in [0.1, 0.15) is 32.6 Å². The quantitative estimate of drug-likeness (QED) is 0.639. The molecule has 4 heteroatoms. The van der Waals surface area contributed by atoms with E-state index in [2.05, 4.69) is 5.97 Å². The first-order valence-electron chi connectivity index (χ1n) is 5.70. The van der Waals surface area contributed by atoms with E-state index < -0.39 is 0 Å². The van der Waals surface area contributed by atoms with Crippen LogP contribution in [0.2, 0.25) is 12.6 Å². The molecule has 15 heavy (non-hydrogen) atoms. The lowest BCUT2D eigenvalue weighted by molar-refractivity contribution is -0.109. The lowest BCUT2D eigenvalue weighted by Crippen LogP contribution is -2.44. The summed E-state index contributed by atoms with van der Waals surface area (Å²) in [4.78, 5) is 11.0. The standard InChI is InChI=1S/C11H16BNOS/c1-9(14)15-10-2-4-11(5-3-10)6-12(7-11)8-13/h10H,2-7H2,1H3. The fourth-order valence-electron chi connectivity index (χ4n) is 3.04. The Morgan fingerprint density at radius 2 is 2.07 bits per heavy atom. The molecular weight excluding hydrogens is 205 g/mol. The van der Waals surface area contributed by atoms with Gasteiger partial charge in [0.2, 0.25) is 0 Å². The molecule has 0 aromatic carbocycles. The maximum atomic E-state index is 11.0. The summed E-state index contributed by atoms with van der Waals surface area (Å²) in [7, 11) is 0. The van der Waals surface area contributed by atoms with E-state index in [4.69, 9.17) is 5.26 Å². The molecule has 1 aliphatic heterocycles. The number of hydrogen-bond donors (Lipinski definition) is 0. The van der Waals surface area contributed by atoms with Crippen LogP contribution in [0.15, 0.2) is 0 Å². The topological polar surface area (TPSA) is 40.9 Å². The average molecular weight is 221 g/mol. The molecule has 1 saturated heterocycles. The van der Waals surface area contributed by atoms with Crippen molar-refractivity contribution in [1.29, 1.82) is 5.26 Å². The van der Waals surface area contributed by atoms with E-state index in [1.54, 1.807) is 6.92 Å². The van der Waals surface area contributed by atoms with Crippen LogP contribution in [-0.2, 0) is 4.79 Å². The van der Waals surface area contributed by atoms with Gasteiger partial charge in [-0.3, -0.25) is 4.79 Å². The van der Waals surface area contributed by atoms with Crippen molar-refractivity contribution in [3.8, 4) is 5.97 Å². The van der Waals surface area contributed by atoms with Gasteiger partial charge in [-0.05, 0) is 31.1 Å². The average Bonchev–Trinajstić information content (AvgIpc) is 2.15. The molecule has 0 N–H and O–H groups in total. The summed E-state index contributed by atoms with van der Waals surface area (Å²) in [5.74, 6) is 2.36. The molecule has 0 aromatic rings. The van der Waals surface area contributed by atoms with Gasteiger partial charge in [-0.2, -0.15) is 0 Å². The molecule has 0 radical (unpaired) electrons. The number of carbonyl (C=O) groups excluding carboxylic acids is 1. The Morgan fingerprint density at radius 3 is 2.53 bits per heavy atom. The van der Waals surface area contributed by atoms with Crippen molar-refractivity contribution >= 4 is 23.6 Å². The molecule has 2 aliphatic rings. The lowest BCUT2D eigenvalue weighted by Gasteiger charge is -2.48. The Balaban J connectivity index is 1.79. The minimum absolute atomic E-state index is 0.250. The smallest absolute Gasteiger partial charge is 0.268 e. The van der Waals surface area contributed by atoms with Gasteiger partial charge in [-0.15, -0.1) is 0 Å². The Hall–Kier alpha value is -0.425. The van der Waals surface area contributed by atoms with Gasteiger partial charge in [0.1, 0.15) is 0 Å². The molecule has 0 atom stereocenters. The molecule has 80 valence electrons. The van der Waals surface area contributed by atoms with E-state index in [-0.39, 0.29) is 5.12 Å². The highest BCUT2D eigenvalue weighted by Gasteiger charge is 2.48. The minimum Gasteiger partial charge on any atom is -0.288 e. The number of nitriles is 1. The van der Waals surface area contributed by atoms with Crippen LogP contribution < -0.4 is 0 Å². The van der Waals surface area contributed by atoms with Crippen LogP contribution in [0.25, 0.3) is 0 Å². The SMILES string of the molecule is CC(=O)SC1CCC2(CC1)CB(C#N)C2. The van der Waals surface area contributed by atoms with Crippen molar-refractivity contribution in [2.24, 2.45) is 5.41 Å². The summed E-state index contributed by atoms with van der Waals surface area (Å²) in [6.07, 6.45) is 7.03. The van der Waals surface area contributed by atoms with E-state index in [0.717, 1.165) is 12.6 Å². The molecule has 1 aliphatic carbocycles. The van der Waals surface area contributed by atoms with Gasteiger partial charge >= 0.3 is 0 Å². The van der Waals surface area contributed by atoms with E-state index >= 15 is 0 Å². The highest BCUT2D eigenvalue weighted by Crippen LogP contribution is 2.53. The third-order valence-electron chi connectivity index (χ3n) is 3.87. The summed E-state index contributed by atoms with van der Waals surface area (Å²) in [5, 5.41) is 9.57. The highest BCUT2D eigenvalue weighted by molar-refractivity contribution is 8.14. The first-order valence-corrected chi connectivity index (χ1v) is 6.58. The van der Waals surface area contributed by atoms with Crippen LogP contribution in [0.5, 0.6) is 0 Å². The first-order chi connectivity index (χ1) is 7.13. The van der Waals surface area contributed by atoms with E-state index in [1.807, 2.05) is 0 Å². The second kappa shape index (κ2) is 4.21. The second-order valence-corrected chi connectivity index (χ2v) is 6.52. The predicted molar refractivity (Wildman–Crippen MR) is 63.9 cm³/mol. The van der Waals surface area contributed by atoms with Crippen LogP contribution in [0, 0.1) is 16.6 Å². The monoisotopic (exact) mass is 221 g/mol. The van der Waals surface area contributed by atoms with Crippen molar-refractivity contribution < 1.29 is 4.79 Å². The summed E-state index contributed by atoms with van der Waals surface area (Å²) >= 11 is 1.51. The Kier molecular flexibility index (Phi) is 3.11. The fourth-order valence-corrected chi connectivity index (χ4v) is 3.98. The zero-order chi connectivity index (χ0) is 10.9. The number of hydrogen-bond acceptors (Lipinski definition) is 3. The third-order valence-corrected chi connectivity index (χ3v) is 5.00. The molecule has 2 nitrogen and oxygen atoms in total. The maximum absolute atomic E-state index is 11.0. The molecule has 1 heterocycles. The number of rotatable bonds is 1. The molecule has 2 fully saturated rings. The van der Waals surface area contributed by atoms with Gasteiger partial charge in [-0.25, -0.2) is 5.26 Å². The summed E-state index contributed by atoms with van der Waals surface area (Å²) in [6, 6.07) is 0. The van der Waals surface area contributed by atoms with Crippen LogP contribution in [0.4, 0.5) is 0 Å². The normalized spacial score (nSPS) is 24.7. The van der Waals surface area contributed by atoms with Gasteiger partial charge in [0, 0.05) is 18.1 Å². The molecule has 2 rings (SSSR count). The number of nitrogens with zero attached hydrogens (tertiary/aromatic N) is 1. The Labute approximate surface area is 95.9 Å². The molecule has 1 saturated carbocycles. The van der Waals surface area contributed by atoms with Gasteiger partial charge in [0.05, 0.1) is 0 Å². The fraction of sp³-hybridized carbons (Fsp3) is 0.818. The van der Waals surface area contributed by atoms with Gasteiger partial charge in [0.15, 0.2) is 5.12 Å². The highest BCUT2D eigenvalue weighted by atomic mass is 32.2. The second-order valence-electron chi connectivity index (χ2n) is 5.04. The minimum atomic E-state index is 0.250. The van der Waals surface area contributed by atoms with Crippen molar-refractivity contribution in [2.45, 2.75) is 50.5 Å². The van der Waals surface area contributed by atoms with Crippen molar-refractivity contribution in [3.63, 3.8) is 0 Å². The van der Waals surface area contributed by atoms with Crippen molar-refractivity contribution in [1.82, 2.24) is 0 Å². The summed E-state index contributed by atoms with van der Waals surface area (Å²) < 4.78 is 0. The first kappa shape index (κ1) is 11.1. The van der Waals surface area contributed by atoms with Gasteiger partial charge in [-0.1, -0.05) is 24.4 Å². The maximum Gasteiger partial charge on any atom is 0.268 e. The number of thioether (sulfide) groups is 1. The van der Waals surface area contributed by atoms with Crippen LogP contribution >= 0.6 is 11.8 Å². The van der Waals surface area contributed by atoms with Gasteiger partial charge < -0.3 is 0 Å². The van der Waals surface area contributed by atoms with Crippen molar-refractivity contribution in [2.75, 3.05) is 0 Å². The number of carbonyl (C=O) groups is 1.